The molecular weight excluding hydrogens is 423 g/mol. The largest absolute Gasteiger partial charge is 0.493 e. The molecule has 0 saturated carbocycles. The average Bonchev–Trinajstić information content (AvgIpc) is 3.15. The summed E-state index contributed by atoms with van der Waals surface area (Å²) in [5.41, 5.74) is 2.22. The van der Waals surface area contributed by atoms with Gasteiger partial charge in [-0.2, -0.15) is 11.8 Å². The number of ether oxygens (including phenoxy) is 2. The number of thiazole rings is 1. The second-order valence-corrected chi connectivity index (χ2v) is 8.51. The zero-order valence-electron chi connectivity index (χ0n) is 17.0. The normalized spacial score (nSPS) is 10.7. The van der Waals surface area contributed by atoms with Crippen molar-refractivity contribution in [1.82, 2.24) is 10.3 Å². The number of methoxy groups -OCH3 is 2. The number of benzene rings is 2. The maximum atomic E-state index is 13.6. The van der Waals surface area contributed by atoms with E-state index in [1.165, 1.54) is 17.4 Å². The van der Waals surface area contributed by atoms with Crippen molar-refractivity contribution in [3.63, 3.8) is 0 Å². The molecule has 0 aliphatic heterocycles. The second kappa shape index (κ2) is 10.4. The van der Waals surface area contributed by atoms with Crippen LogP contribution in [0.25, 0.3) is 10.6 Å². The minimum Gasteiger partial charge on any atom is -0.493 e. The number of carbonyl (C=O) groups excluding carboxylic acids is 1. The molecule has 0 spiro atoms. The smallest absolute Gasteiger partial charge is 0.263 e. The minimum atomic E-state index is -0.197. The van der Waals surface area contributed by atoms with E-state index in [1.807, 2.05) is 31.2 Å². The fraction of sp³-hybridized carbons (Fsp3) is 0.273. The summed E-state index contributed by atoms with van der Waals surface area (Å²) in [6, 6.07) is 12.3. The standard InChI is InChI=1S/C22H23FN2O3S2/c1-14-20(21(26)24-10-11-29-13-16-6-4-5-7-17(16)23)30-22(25-14)15-8-9-18(27-2)19(12-15)28-3/h4-9,12H,10-11,13H2,1-3H3,(H,24,26). The van der Waals surface area contributed by atoms with Gasteiger partial charge in [-0.1, -0.05) is 18.2 Å². The summed E-state index contributed by atoms with van der Waals surface area (Å²) in [6.45, 7) is 2.32. The van der Waals surface area contributed by atoms with Gasteiger partial charge in [-0.3, -0.25) is 4.79 Å². The van der Waals surface area contributed by atoms with Gasteiger partial charge in [-0.15, -0.1) is 11.3 Å². The van der Waals surface area contributed by atoms with Gasteiger partial charge in [-0.25, -0.2) is 9.37 Å². The maximum absolute atomic E-state index is 13.6. The summed E-state index contributed by atoms with van der Waals surface area (Å²) in [5, 5.41) is 3.66. The molecule has 1 aromatic heterocycles. The highest BCUT2D eigenvalue weighted by atomic mass is 32.2. The lowest BCUT2D eigenvalue weighted by Crippen LogP contribution is -2.25. The van der Waals surface area contributed by atoms with E-state index in [9.17, 15) is 9.18 Å². The third-order valence-corrected chi connectivity index (χ3v) is 6.59. The lowest BCUT2D eigenvalue weighted by Gasteiger charge is -2.08. The summed E-state index contributed by atoms with van der Waals surface area (Å²) < 4.78 is 24.2. The monoisotopic (exact) mass is 446 g/mol. The van der Waals surface area contributed by atoms with Crippen LogP contribution in [-0.2, 0) is 5.75 Å². The molecule has 8 heteroatoms. The first-order valence-corrected chi connectivity index (χ1v) is 11.3. The number of aromatic nitrogens is 1. The van der Waals surface area contributed by atoms with E-state index in [1.54, 1.807) is 38.1 Å². The number of nitrogens with zero attached hydrogens (tertiary/aromatic N) is 1. The van der Waals surface area contributed by atoms with Crippen molar-refractivity contribution >= 4 is 29.0 Å². The number of hydrogen-bond acceptors (Lipinski definition) is 6. The highest BCUT2D eigenvalue weighted by Gasteiger charge is 2.17. The van der Waals surface area contributed by atoms with Gasteiger partial charge in [0.05, 0.1) is 19.9 Å². The molecule has 30 heavy (non-hydrogen) atoms. The fourth-order valence-corrected chi connectivity index (χ4v) is 4.64. The molecule has 0 fully saturated rings. The average molecular weight is 447 g/mol. The van der Waals surface area contributed by atoms with Gasteiger partial charge in [0.15, 0.2) is 11.5 Å². The van der Waals surface area contributed by atoms with Gasteiger partial charge in [0.1, 0.15) is 15.7 Å². The molecule has 0 atom stereocenters. The molecular formula is C22H23FN2O3S2. The first kappa shape index (κ1) is 22.1. The molecule has 1 amide bonds. The van der Waals surface area contributed by atoms with Crippen molar-refractivity contribution in [2.24, 2.45) is 0 Å². The number of halogens is 1. The van der Waals surface area contributed by atoms with Crippen LogP contribution in [0.2, 0.25) is 0 Å². The number of amides is 1. The minimum absolute atomic E-state index is 0.150. The van der Waals surface area contributed by atoms with Gasteiger partial charge in [-0.05, 0) is 36.8 Å². The van der Waals surface area contributed by atoms with Crippen LogP contribution in [0.4, 0.5) is 4.39 Å². The van der Waals surface area contributed by atoms with E-state index < -0.39 is 0 Å². The van der Waals surface area contributed by atoms with Gasteiger partial charge in [0.25, 0.3) is 5.91 Å². The van der Waals surface area contributed by atoms with Crippen LogP contribution in [0.1, 0.15) is 20.9 Å². The Hall–Kier alpha value is -2.58. The molecule has 158 valence electrons. The lowest BCUT2D eigenvalue weighted by atomic mass is 10.2. The Morgan fingerprint density at radius 3 is 2.67 bits per heavy atom. The third kappa shape index (κ3) is 5.31. The number of aryl methyl sites for hydroxylation is 1. The van der Waals surface area contributed by atoms with Gasteiger partial charge >= 0.3 is 0 Å². The van der Waals surface area contributed by atoms with Crippen molar-refractivity contribution in [2.75, 3.05) is 26.5 Å². The van der Waals surface area contributed by atoms with E-state index >= 15 is 0 Å². The Labute approximate surface area is 183 Å². The summed E-state index contributed by atoms with van der Waals surface area (Å²) >= 11 is 2.92. The van der Waals surface area contributed by atoms with Crippen LogP contribution in [0.15, 0.2) is 42.5 Å². The zero-order valence-corrected chi connectivity index (χ0v) is 18.7. The van der Waals surface area contributed by atoms with Crippen LogP contribution in [0, 0.1) is 12.7 Å². The quantitative estimate of drug-likeness (QED) is 0.472. The van der Waals surface area contributed by atoms with Crippen molar-refractivity contribution in [3.05, 3.63) is 64.4 Å². The van der Waals surface area contributed by atoms with Crippen LogP contribution in [0.3, 0.4) is 0 Å². The van der Waals surface area contributed by atoms with Crippen molar-refractivity contribution in [1.29, 1.82) is 0 Å². The highest BCUT2D eigenvalue weighted by Crippen LogP contribution is 2.35. The lowest BCUT2D eigenvalue weighted by molar-refractivity contribution is 0.0959. The van der Waals surface area contributed by atoms with Gasteiger partial charge < -0.3 is 14.8 Å². The molecule has 3 aromatic rings. The topological polar surface area (TPSA) is 60.5 Å². The first-order valence-electron chi connectivity index (χ1n) is 9.32. The molecule has 0 aliphatic rings. The summed E-state index contributed by atoms with van der Waals surface area (Å²) in [5.74, 6) is 2.17. The molecule has 0 unspecified atom stereocenters. The van der Waals surface area contributed by atoms with E-state index in [0.29, 0.717) is 45.7 Å². The predicted octanol–water partition coefficient (Wildman–Crippen LogP) is 4.94. The van der Waals surface area contributed by atoms with Crippen LogP contribution in [0.5, 0.6) is 11.5 Å². The fourth-order valence-electron chi connectivity index (χ4n) is 2.81. The molecule has 1 heterocycles. The summed E-state index contributed by atoms with van der Waals surface area (Å²) in [6.07, 6.45) is 0. The Morgan fingerprint density at radius 1 is 1.17 bits per heavy atom. The van der Waals surface area contributed by atoms with Crippen molar-refractivity contribution in [2.45, 2.75) is 12.7 Å². The van der Waals surface area contributed by atoms with E-state index in [4.69, 9.17) is 9.47 Å². The maximum Gasteiger partial charge on any atom is 0.263 e. The molecule has 0 bridgehead atoms. The summed E-state index contributed by atoms with van der Waals surface area (Å²) in [7, 11) is 3.17. The van der Waals surface area contributed by atoms with Gasteiger partial charge in [0, 0.05) is 23.6 Å². The van der Waals surface area contributed by atoms with E-state index in [2.05, 4.69) is 10.3 Å². The molecule has 0 aliphatic carbocycles. The van der Waals surface area contributed by atoms with Crippen molar-refractivity contribution < 1.29 is 18.7 Å². The molecule has 2 aromatic carbocycles. The summed E-state index contributed by atoms with van der Waals surface area (Å²) in [4.78, 5) is 17.7. The van der Waals surface area contributed by atoms with Gasteiger partial charge in [0.2, 0.25) is 0 Å². The number of rotatable bonds is 9. The molecule has 0 saturated heterocycles. The second-order valence-electron chi connectivity index (χ2n) is 6.40. The Bertz CT molecular complexity index is 1020. The van der Waals surface area contributed by atoms with Crippen molar-refractivity contribution in [3.8, 4) is 22.1 Å². The molecule has 3 rings (SSSR count). The first-order chi connectivity index (χ1) is 14.5. The van der Waals surface area contributed by atoms with E-state index in [-0.39, 0.29) is 11.7 Å². The molecule has 1 N–H and O–H groups in total. The number of thioether (sulfide) groups is 1. The Balaban J connectivity index is 1.57. The SMILES string of the molecule is COc1ccc(-c2nc(C)c(C(=O)NCCSCc3ccccc3F)s2)cc1OC. The third-order valence-electron chi connectivity index (χ3n) is 4.38. The number of nitrogens with one attached hydrogen (secondary N) is 1. The molecule has 0 radical (unpaired) electrons. The Morgan fingerprint density at radius 2 is 1.93 bits per heavy atom. The highest BCUT2D eigenvalue weighted by molar-refractivity contribution is 7.98. The predicted molar refractivity (Wildman–Crippen MR) is 120 cm³/mol. The number of hydrogen-bond donors (Lipinski definition) is 1. The van der Waals surface area contributed by atoms with E-state index in [0.717, 1.165) is 10.6 Å². The van der Waals surface area contributed by atoms with Crippen LogP contribution in [-0.4, -0.2) is 37.4 Å². The molecule has 5 nitrogen and oxygen atoms in total. The van der Waals surface area contributed by atoms with Crippen LogP contribution >= 0.6 is 23.1 Å². The Kier molecular flexibility index (Phi) is 7.70. The zero-order chi connectivity index (χ0) is 21.5. The van der Waals surface area contributed by atoms with Crippen LogP contribution < -0.4 is 14.8 Å². The number of carbonyl (C=O) groups is 1.